The Balaban J connectivity index is 1.48. The van der Waals surface area contributed by atoms with Gasteiger partial charge in [-0.25, -0.2) is 9.78 Å². The van der Waals surface area contributed by atoms with Crippen molar-refractivity contribution in [3.8, 4) is 0 Å². The van der Waals surface area contributed by atoms with Crippen molar-refractivity contribution in [3.63, 3.8) is 0 Å². The number of esters is 1. The van der Waals surface area contributed by atoms with Gasteiger partial charge in [0, 0.05) is 17.8 Å². The SMILES string of the molecule is O=C(COC(=O)/C=C/c1c(Cl)nc2ccccn12)NNC(=O)c1ccccc1. The molecule has 2 amide bonds. The molecule has 28 heavy (non-hydrogen) atoms. The molecule has 0 fully saturated rings. The van der Waals surface area contributed by atoms with Crippen LogP contribution in [0.25, 0.3) is 11.7 Å². The number of halogens is 1. The quantitative estimate of drug-likeness (QED) is 0.389. The Morgan fingerprint density at radius 2 is 1.82 bits per heavy atom. The summed E-state index contributed by atoms with van der Waals surface area (Å²) in [6.45, 7) is -0.556. The molecule has 2 heterocycles. The largest absolute Gasteiger partial charge is 0.452 e. The predicted molar refractivity (Wildman–Crippen MR) is 102 cm³/mol. The molecule has 0 saturated carbocycles. The van der Waals surface area contributed by atoms with Gasteiger partial charge in [0.15, 0.2) is 11.8 Å². The number of carbonyl (C=O) groups is 3. The summed E-state index contributed by atoms with van der Waals surface area (Å²) in [6, 6.07) is 13.7. The van der Waals surface area contributed by atoms with E-state index in [4.69, 9.17) is 16.3 Å². The van der Waals surface area contributed by atoms with Crippen molar-refractivity contribution in [2.45, 2.75) is 0 Å². The number of hydrogen-bond donors (Lipinski definition) is 2. The standard InChI is InChI=1S/C19H15ClN4O4/c20-18-14(24-11-5-4-8-15(24)21-18)9-10-17(26)28-12-16(25)22-23-19(27)13-6-2-1-3-7-13/h1-11H,12H2,(H,22,25)(H,23,27)/b10-9+. The Labute approximate surface area is 164 Å². The number of rotatable bonds is 5. The molecule has 0 unspecified atom stereocenters. The van der Waals surface area contributed by atoms with Crippen LogP contribution in [0, 0.1) is 0 Å². The van der Waals surface area contributed by atoms with Crippen LogP contribution in [-0.4, -0.2) is 33.8 Å². The van der Waals surface area contributed by atoms with Gasteiger partial charge in [0.1, 0.15) is 5.65 Å². The Hall–Kier alpha value is -3.65. The number of ether oxygens (including phenoxy) is 1. The van der Waals surface area contributed by atoms with Crippen molar-refractivity contribution in [1.82, 2.24) is 20.2 Å². The molecule has 0 radical (unpaired) electrons. The fraction of sp³-hybridized carbons (Fsp3) is 0.0526. The van der Waals surface area contributed by atoms with E-state index < -0.39 is 24.4 Å². The van der Waals surface area contributed by atoms with Crippen molar-refractivity contribution in [3.05, 3.63) is 77.2 Å². The lowest BCUT2D eigenvalue weighted by atomic mass is 10.2. The number of fused-ring (bicyclic) bond motifs is 1. The normalized spacial score (nSPS) is 10.8. The van der Waals surface area contributed by atoms with Gasteiger partial charge in [0.2, 0.25) is 0 Å². The van der Waals surface area contributed by atoms with Gasteiger partial charge in [0.25, 0.3) is 11.8 Å². The highest BCUT2D eigenvalue weighted by atomic mass is 35.5. The van der Waals surface area contributed by atoms with E-state index in [2.05, 4.69) is 15.8 Å². The van der Waals surface area contributed by atoms with Crippen LogP contribution < -0.4 is 10.9 Å². The number of carbonyl (C=O) groups excluding carboxylic acids is 3. The molecule has 9 heteroatoms. The predicted octanol–water partition coefficient (Wildman–Crippen LogP) is 2.01. The summed E-state index contributed by atoms with van der Waals surface area (Å²) >= 11 is 6.06. The Bertz CT molecular complexity index is 1050. The monoisotopic (exact) mass is 398 g/mol. The summed E-state index contributed by atoms with van der Waals surface area (Å²) in [5, 5.41) is 0.233. The van der Waals surface area contributed by atoms with Crippen molar-refractivity contribution >= 4 is 41.1 Å². The molecular formula is C19H15ClN4O4. The molecule has 2 aromatic heterocycles. The van der Waals surface area contributed by atoms with Crippen LogP contribution in [0.3, 0.4) is 0 Å². The minimum absolute atomic E-state index is 0.233. The first-order valence-electron chi connectivity index (χ1n) is 8.16. The fourth-order valence-corrected chi connectivity index (χ4v) is 2.53. The molecule has 8 nitrogen and oxygen atoms in total. The number of amides is 2. The summed E-state index contributed by atoms with van der Waals surface area (Å²) in [6.07, 6.45) is 4.33. The zero-order chi connectivity index (χ0) is 19.9. The number of benzene rings is 1. The number of nitrogens with zero attached hydrogens (tertiary/aromatic N) is 2. The van der Waals surface area contributed by atoms with E-state index in [0.29, 0.717) is 16.9 Å². The first-order chi connectivity index (χ1) is 13.5. The van der Waals surface area contributed by atoms with Gasteiger partial charge in [-0.05, 0) is 30.3 Å². The topological polar surface area (TPSA) is 102 Å². The third-order valence-electron chi connectivity index (χ3n) is 3.60. The highest BCUT2D eigenvalue weighted by molar-refractivity contribution is 6.31. The molecule has 3 aromatic rings. The number of hydrazine groups is 1. The van der Waals surface area contributed by atoms with E-state index in [-0.39, 0.29) is 5.15 Å². The Morgan fingerprint density at radius 1 is 1.07 bits per heavy atom. The van der Waals surface area contributed by atoms with Crippen LogP contribution in [0.5, 0.6) is 0 Å². The van der Waals surface area contributed by atoms with E-state index in [9.17, 15) is 14.4 Å². The lowest BCUT2D eigenvalue weighted by Crippen LogP contribution is -2.43. The molecular weight excluding hydrogens is 384 g/mol. The van der Waals surface area contributed by atoms with E-state index in [1.165, 1.54) is 6.08 Å². The van der Waals surface area contributed by atoms with Crippen molar-refractivity contribution < 1.29 is 19.1 Å². The first-order valence-corrected chi connectivity index (χ1v) is 8.54. The van der Waals surface area contributed by atoms with Crippen LogP contribution in [0.2, 0.25) is 5.15 Å². The lowest BCUT2D eigenvalue weighted by Gasteiger charge is -2.07. The van der Waals surface area contributed by atoms with E-state index >= 15 is 0 Å². The van der Waals surface area contributed by atoms with Crippen LogP contribution >= 0.6 is 11.6 Å². The van der Waals surface area contributed by atoms with Gasteiger partial charge < -0.3 is 4.74 Å². The summed E-state index contributed by atoms with van der Waals surface area (Å²) < 4.78 is 6.54. The minimum Gasteiger partial charge on any atom is -0.452 e. The van der Waals surface area contributed by atoms with Gasteiger partial charge in [-0.15, -0.1) is 0 Å². The number of aromatic nitrogens is 2. The molecule has 0 bridgehead atoms. The van der Waals surface area contributed by atoms with Gasteiger partial charge in [-0.1, -0.05) is 35.9 Å². The second-order valence-corrected chi connectivity index (χ2v) is 5.88. The molecule has 0 saturated heterocycles. The van der Waals surface area contributed by atoms with Gasteiger partial charge in [0.05, 0.1) is 5.69 Å². The zero-order valence-electron chi connectivity index (χ0n) is 14.5. The molecule has 3 rings (SSSR count). The second kappa shape index (κ2) is 8.83. The maximum absolute atomic E-state index is 11.8. The average molecular weight is 399 g/mol. The summed E-state index contributed by atoms with van der Waals surface area (Å²) in [5.74, 6) is -1.91. The molecule has 2 N–H and O–H groups in total. The van der Waals surface area contributed by atoms with Crippen LogP contribution in [0.15, 0.2) is 60.8 Å². The van der Waals surface area contributed by atoms with Crippen LogP contribution in [0.4, 0.5) is 0 Å². The molecule has 0 spiro atoms. The van der Waals surface area contributed by atoms with Gasteiger partial charge >= 0.3 is 5.97 Å². The van der Waals surface area contributed by atoms with Crippen molar-refractivity contribution in [1.29, 1.82) is 0 Å². The number of pyridine rings is 1. The summed E-state index contributed by atoms with van der Waals surface area (Å²) in [5.41, 5.74) is 5.92. The Morgan fingerprint density at radius 3 is 2.61 bits per heavy atom. The zero-order valence-corrected chi connectivity index (χ0v) is 15.2. The maximum Gasteiger partial charge on any atom is 0.331 e. The summed E-state index contributed by atoms with van der Waals surface area (Å²) in [7, 11) is 0. The third-order valence-corrected chi connectivity index (χ3v) is 3.87. The lowest BCUT2D eigenvalue weighted by molar-refractivity contribution is -0.144. The molecule has 0 aliphatic carbocycles. The summed E-state index contributed by atoms with van der Waals surface area (Å²) in [4.78, 5) is 39.4. The fourth-order valence-electron chi connectivity index (χ4n) is 2.29. The number of imidazole rings is 1. The van der Waals surface area contributed by atoms with Crippen molar-refractivity contribution in [2.24, 2.45) is 0 Å². The molecule has 142 valence electrons. The first kappa shape index (κ1) is 19.1. The average Bonchev–Trinajstić information content (AvgIpc) is 3.04. The van der Waals surface area contributed by atoms with Crippen molar-refractivity contribution in [2.75, 3.05) is 6.61 Å². The molecule has 1 aromatic carbocycles. The van der Waals surface area contributed by atoms with Crippen LogP contribution in [-0.2, 0) is 14.3 Å². The number of nitrogens with one attached hydrogen (secondary N) is 2. The maximum atomic E-state index is 11.8. The molecule has 0 atom stereocenters. The minimum atomic E-state index is -0.744. The third kappa shape index (κ3) is 4.74. The number of hydrogen-bond acceptors (Lipinski definition) is 5. The smallest absolute Gasteiger partial charge is 0.331 e. The second-order valence-electron chi connectivity index (χ2n) is 5.53. The Kier molecular flexibility index (Phi) is 6.03. The van der Waals surface area contributed by atoms with Gasteiger partial charge in [-0.3, -0.25) is 24.8 Å². The van der Waals surface area contributed by atoms with Gasteiger partial charge in [-0.2, -0.15) is 0 Å². The molecule has 0 aliphatic rings. The van der Waals surface area contributed by atoms with Crippen LogP contribution in [0.1, 0.15) is 16.1 Å². The van der Waals surface area contributed by atoms with E-state index in [0.717, 1.165) is 6.08 Å². The highest BCUT2D eigenvalue weighted by Crippen LogP contribution is 2.18. The van der Waals surface area contributed by atoms with E-state index in [1.807, 2.05) is 6.07 Å². The highest BCUT2D eigenvalue weighted by Gasteiger charge is 2.10. The van der Waals surface area contributed by atoms with E-state index in [1.54, 1.807) is 53.1 Å². The molecule has 0 aliphatic heterocycles.